The molecule has 4 nitrogen and oxygen atoms in total. The first-order valence-corrected chi connectivity index (χ1v) is 9.55. The Morgan fingerprint density at radius 2 is 1.92 bits per heavy atom. The number of hydrogen-bond donors (Lipinski definition) is 1. The van der Waals surface area contributed by atoms with Crippen molar-refractivity contribution < 1.29 is 21.6 Å². The lowest BCUT2D eigenvalue weighted by molar-refractivity contribution is -0.137. The van der Waals surface area contributed by atoms with Gasteiger partial charge in [0.25, 0.3) is 0 Å². The van der Waals surface area contributed by atoms with Crippen molar-refractivity contribution in [1.82, 2.24) is 9.62 Å². The molecule has 136 valence electrons. The normalized spacial score (nSPS) is 18.0. The van der Waals surface area contributed by atoms with E-state index in [4.69, 9.17) is 11.6 Å². The van der Waals surface area contributed by atoms with E-state index in [1.165, 1.54) is 4.31 Å². The number of sulfonamides is 1. The molecule has 0 unspecified atom stereocenters. The van der Waals surface area contributed by atoms with Crippen LogP contribution in [0.1, 0.15) is 25.3 Å². The van der Waals surface area contributed by atoms with Gasteiger partial charge in [-0.05, 0) is 50.0 Å². The van der Waals surface area contributed by atoms with Gasteiger partial charge in [0.05, 0.1) is 10.6 Å². The van der Waals surface area contributed by atoms with Gasteiger partial charge >= 0.3 is 6.18 Å². The quantitative estimate of drug-likeness (QED) is 0.846. The fraction of sp³-hybridized carbons (Fsp3) is 0.600. The van der Waals surface area contributed by atoms with Gasteiger partial charge in [0, 0.05) is 13.1 Å². The predicted molar refractivity (Wildman–Crippen MR) is 86.5 cm³/mol. The molecule has 9 heteroatoms. The van der Waals surface area contributed by atoms with E-state index < -0.39 is 26.7 Å². The first kappa shape index (κ1) is 19.5. The van der Waals surface area contributed by atoms with Gasteiger partial charge in [-0.25, -0.2) is 8.42 Å². The standard InChI is InChI=1S/C15H20ClF3N2O2S/c1-2-20-10-11-5-7-21(8-6-11)24(22,23)14-9-12(15(17,18)19)3-4-13(14)16/h3-4,9,11,20H,2,5-8,10H2,1H3. The Bertz CT molecular complexity index is 672. The van der Waals surface area contributed by atoms with Crippen LogP contribution < -0.4 is 5.32 Å². The summed E-state index contributed by atoms with van der Waals surface area (Å²) < 4.78 is 65.1. The van der Waals surface area contributed by atoms with Gasteiger partial charge in [0.1, 0.15) is 4.90 Å². The average Bonchev–Trinajstić information content (AvgIpc) is 2.52. The van der Waals surface area contributed by atoms with Gasteiger partial charge in [0.2, 0.25) is 10.0 Å². The van der Waals surface area contributed by atoms with Crippen LogP contribution in [-0.2, 0) is 16.2 Å². The summed E-state index contributed by atoms with van der Waals surface area (Å²) in [7, 11) is -4.04. The van der Waals surface area contributed by atoms with Crippen molar-refractivity contribution in [2.24, 2.45) is 5.92 Å². The summed E-state index contributed by atoms with van der Waals surface area (Å²) in [6.07, 6.45) is -3.28. The van der Waals surface area contributed by atoms with Crippen molar-refractivity contribution in [3.63, 3.8) is 0 Å². The van der Waals surface area contributed by atoms with E-state index in [0.29, 0.717) is 24.8 Å². The highest BCUT2D eigenvalue weighted by Crippen LogP contribution is 2.35. The molecule has 0 aromatic heterocycles. The number of piperidine rings is 1. The first-order valence-electron chi connectivity index (χ1n) is 7.74. The summed E-state index contributed by atoms with van der Waals surface area (Å²) in [5.41, 5.74) is -1.02. The number of hydrogen-bond acceptors (Lipinski definition) is 3. The van der Waals surface area contributed by atoms with Gasteiger partial charge in [-0.3, -0.25) is 0 Å². The Morgan fingerprint density at radius 3 is 2.46 bits per heavy atom. The van der Waals surface area contributed by atoms with E-state index in [2.05, 4.69) is 5.32 Å². The minimum atomic E-state index is -4.62. The lowest BCUT2D eigenvalue weighted by Gasteiger charge is -2.31. The van der Waals surface area contributed by atoms with E-state index in [9.17, 15) is 21.6 Å². The summed E-state index contributed by atoms with van der Waals surface area (Å²) in [5.74, 6) is 0.369. The molecule has 1 N–H and O–H groups in total. The Hall–Kier alpha value is -0.830. The zero-order chi connectivity index (χ0) is 18.0. The SMILES string of the molecule is CCNCC1CCN(S(=O)(=O)c2cc(C(F)(F)F)ccc2Cl)CC1. The Balaban J connectivity index is 2.19. The highest BCUT2D eigenvalue weighted by atomic mass is 35.5. The summed E-state index contributed by atoms with van der Waals surface area (Å²) in [6.45, 7) is 4.22. The Morgan fingerprint density at radius 1 is 1.29 bits per heavy atom. The maximum Gasteiger partial charge on any atom is 0.416 e. The maximum absolute atomic E-state index is 12.8. The van der Waals surface area contributed by atoms with Crippen molar-refractivity contribution in [2.45, 2.75) is 30.8 Å². The van der Waals surface area contributed by atoms with Crippen molar-refractivity contribution in [3.8, 4) is 0 Å². The molecular weight excluding hydrogens is 365 g/mol. The predicted octanol–water partition coefficient (Wildman–Crippen LogP) is 3.37. The zero-order valence-corrected chi connectivity index (χ0v) is 14.8. The molecule has 1 aromatic rings. The van der Waals surface area contributed by atoms with Crippen LogP contribution in [0.3, 0.4) is 0 Å². The molecular formula is C15H20ClF3N2O2S. The molecule has 1 aliphatic rings. The maximum atomic E-state index is 12.8. The van der Waals surface area contributed by atoms with Gasteiger partial charge in [-0.2, -0.15) is 17.5 Å². The first-order chi connectivity index (χ1) is 11.2. The molecule has 1 fully saturated rings. The largest absolute Gasteiger partial charge is 0.416 e. The van der Waals surface area contributed by atoms with Crippen LogP contribution in [0.5, 0.6) is 0 Å². The molecule has 1 saturated heterocycles. The molecule has 1 aromatic carbocycles. The van der Waals surface area contributed by atoms with Crippen LogP contribution in [0.2, 0.25) is 5.02 Å². The number of alkyl halides is 3. The van der Waals surface area contributed by atoms with E-state index >= 15 is 0 Å². The van der Waals surface area contributed by atoms with E-state index in [0.717, 1.165) is 25.2 Å². The van der Waals surface area contributed by atoms with Crippen LogP contribution in [0.25, 0.3) is 0 Å². The van der Waals surface area contributed by atoms with Crippen molar-refractivity contribution in [2.75, 3.05) is 26.2 Å². The Labute approximate surface area is 145 Å². The lowest BCUT2D eigenvalue weighted by Crippen LogP contribution is -2.40. The second-order valence-corrected chi connectivity index (χ2v) is 8.11. The fourth-order valence-electron chi connectivity index (χ4n) is 2.72. The van der Waals surface area contributed by atoms with Crippen LogP contribution in [-0.4, -0.2) is 38.9 Å². The monoisotopic (exact) mass is 384 g/mol. The van der Waals surface area contributed by atoms with E-state index in [1.54, 1.807) is 0 Å². The number of nitrogens with zero attached hydrogens (tertiary/aromatic N) is 1. The van der Waals surface area contributed by atoms with Crippen LogP contribution >= 0.6 is 11.6 Å². The van der Waals surface area contributed by atoms with Crippen molar-refractivity contribution >= 4 is 21.6 Å². The highest BCUT2D eigenvalue weighted by molar-refractivity contribution is 7.89. The number of rotatable bonds is 5. The van der Waals surface area contributed by atoms with Gasteiger partial charge in [-0.1, -0.05) is 18.5 Å². The fourth-order valence-corrected chi connectivity index (χ4v) is 4.69. The molecule has 0 spiro atoms. The van der Waals surface area contributed by atoms with Crippen LogP contribution in [0, 0.1) is 5.92 Å². The average molecular weight is 385 g/mol. The molecule has 0 amide bonds. The Kier molecular flexibility index (Phi) is 6.17. The van der Waals surface area contributed by atoms with E-state index in [-0.39, 0.29) is 18.1 Å². The topological polar surface area (TPSA) is 49.4 Å². The summed E-state index contributed by atoms with van der Waals surface area (Å²) in [5, 5.41) is 3.03. The number of benzene rings is 1. The minimum absolute atomic E-state index is 0.197. The lowest BCUT2D eigenvalue weighted by atomic mass is 9.98. The van der Waals surface area contributed by atoms with Crippen molar-refractivity contribution in [3.05, 3.63) is 28.8 Å². The van der Waals surface area contributed by atoms with Gasteiger partial charge in [0.15, 0.2) is 0 Å². The molecule has 0 radical (unpaired) electrons. The van der Waals surface area contributed by atoms with Gasteiger partial charge in [-0.15, -0.1) is 0 Å². The summed E-state index contributed by atoms with van der Waals surface area (Å²) >= 11 is 5.86. The molecule has 0 aliphatic carbocycles. The third-order valence-corrected chi connectivity index (χ3v) is 6.51. The second kappa shape index (κ2) is 7.59. The molecule has 24 heavy (non-hydrogen) atoms. The van der Waals surface area contributed by atoms with Gasteiger partial charge < -0.3 is 5.32 Å². The number of halogens is 4. The third-order valence-electron chi connectivity index (χ3n) is 4.13. The second-order valence-electron chi connectivity index (χ2n) is 5.80. The zero-order valence-electron chi connectivity index (χ0n) is 13.2. The molecule has 0 atom stereocenters. The van der Waals surface area contributed by atoms with Crippen LogP contribution in [0.4, 0.5) is 13.2 Å². The third kappa shape index (κ3) is 4.41. The minimum Gasteiger partial charge on any atom is -0.317 e. The molecule has 1 heterocycles. The molecule has 1 aliphatic heterocycles. The van der Waals surface area contributed by atoms with Crippen molar-refractivity contribution in [1.29, 1.82) is 0 Å². The molecule has 0 bridgehead atoms. The molecule has 0 saturated carbocycles. The highest BCUT2D eigenvalue weighted by Gasteiger charge is 2.35. The van der Waals surface area contributed by atoms with Crippen LogP contribution in [0.15, 0.2) is 23.1 Å². The molecule has 2 rings (SSSR count). The summed E-state index contributed by atoms with van der Waals surface area (Å²) in [6, 6.07) is 2.38. The van der Waals surface area contributed by atoms with E-state index in [1.807, 2.05) is 6.92 Å². The number of nitrogens with one attached hydrogen (secondary N) is 1. The smallest absolute Gasteiger partial charge is 0.317 e. The summed E-state index contributed by atoms with van der Waals surface area (Å²) in [4.78, 5) is -0.482.